The van der Waals surface area contributed by atoms with E-state index in [1.54, 1.807) is 31.5 Å². The highest BCUT2D eigenvalue weighted by Gasteiger charge is 2.39. The lowest BCUT2D eigenvalue weighted by Gasteiger charge is -2.24. The molecule has 2 heterocycles. The summed E-state index contributed by atoms with van der Waals surface area (Å²) in [5.41, 5.74) is 2.22. The molecule has 0 radical (unpaired) electrons. The molecule has 1 atom stereocenters. The van der Waals surface area contributed by atoms with Crippen molar-refractivity contribution in [2.45, 2.75) is 19.0 Å². The first-order valence-electron chi connectivity index (χ1n) is 10.0. The average Bonchev–Trinajstić information content (AvgIpc) is 3.09. The van der Waals surface area contributed by atoms with E-state index in [9.17, 15) is 14.0 Å². The van der Waals surface area contributed by atoms with E-state index in [0.29, 0.717) is 28.4 Å². The Morgan fingerprint density at radius 3 is 2.59 bits per heavy atom. The van der Waals surface area contributed by atoms with Gasteiger partial charge in [-0.1, -0.05) is 12.1 Å². The molecule has 1 N–H and O–H groups in total. The molecule has 1 aliphatic rings. The molecule has 0 spiro atoms. The van der Waals surface area contributed by atoms with E-state index in [4.69, 9.17) is 9.47 Å². The molecule has 0 saturated carbocycles. The van der Waals surface area contributed by atoms with Gasteiger partial charge in [0, 0.05) is 24.0 Å². The number of aromatic nitrogens is 1. The molecule has 0 saturated heterocycles. The van der Waals surface area contributed by atoms with Crippen molar-refractivity contribution in [3.05, 3.63) is 83.4 Å². The fourth-order valence-corrected chi connectivity index (χ4v) is 3.88. The highest BCUT2D eigenvalue weighted by atomic mass is 19.1. The highest BCUT2D eigenvalue weighted by Crippen LogP contribution is 2.38. The van der Waals surface area contributed by atoms with E-state index in [1.165, 1.54) is 36.3 Å². The SMILES string of the molecule is COc1cccc(CNC(=O)C[C@@H]2c3ncccc3C(=O)N2c2ccc(F)cc2)c1OC. The molecular weight excluding hydrogens is 413 g/mol. The van der Waals surface area contributed by atoms with E-state index in [1.807, 2.05) is 12.1 Å². The zero-order chi connectivity index (χ0) is 22.7. The number of para-hydroxylation sites is 1. The number of carbonyl (C=O) groups is 2. The Bertz CT molecular complexity index is 1150. The van der Waals surface area contributed by atoms with Crippen LogP contribution in [0.5, 0.6) is 11.5 Å². The quantitative estimate of drug-likeness (QED) is 0.613. The van der Waals surface area contributed by atoms with Gasteiger partial charge in [-0.05, 0) is 42.5 Å². The highest BCUT2D eigenvalue weighted by molar-refractivity contribution is 6.11. The number of amides is 2. The third-order valence-electron chi connectivity index (χ3n) is 5.36. The van der Waals surface area contributed by atoms with Gasteiger partial charge >= 0.3 is 0 Å². The van der Waals surface area contributed by atoms with Crippen LogP contribution in [-0.4, -0.2) is 31.0 Å². The minimum absolute atomic E-state index is 0.000582. The van der Waals surface area contributed by atoms with Gasteiger partial charge in [-0.2, -0.15) is 0 Å². The van der Waals surface area contributed by atoms with Crippen LogP contribution in [0.2, 0.25) is 0 Å². The number of nitrogens with zero attached hydrogens (tertiary/aromatic N) is 2. The van der Waals surface area contributed by atoms with Gasteiger partial charge in [0.15, 0.2) is 11.5 Å². The Kier molecular flexibility index (Phi) is 6.02. The first kappa shape index (κ1) is 21.3. The number of rotatable bonds is 7. The predicted octanol–water partition coefficient (Wildman–Crippen LogP) is 3.65. The van der Waals surface area contributed by atoms with Gasteiger partial charge in [0.1, 0.15) is 5.82 Å². The van der Waals surface area contributed by atoms with Gasteiger partial charge < -0.3 is 14.8 Å². The van der Waals surface area contributed by atoms with Crippen LogP contribution in [-0.2, 0) is 11.3 Å². The zero-order valence-corrected chi connectivity index (χ0v) is 17.7. The number of halogens is 1. The van der Waals surface area contributed by atoms with E-state index in [2.05, 4.69) is 10.3 Å². The summed E-state index contributed by atoms with van der Waals surface area (Å²) in [4.78, 5) is 31.7. The predicted molar refractivity (Wildman–Crippen MR) is 116 cm³/mol. The van der Waals surface area contributed by atoms with Crippen LogP contribution in [0.3, 0.4) is 0 Å². The first-order chi connectivity index (χ1) is 15.5. The first-order valence-corrected chi connectivity index (χ1v) is 10.0. The number of hydrogen-bond acceptors (Lipinski definition) is 5. The maximum Gasteiger partial charge on any atom is 0.260 e. The molecule has 0 bridgehead atoms. The Labute approximate surface area is 184 Å². The molecule has 32 heavy (non-hydrogen) atoms. The second-order valence-corrected chi connectivity index (χ2v) is 7.24. The number of carbonyl (C=O) groups excluding carboxylic acids is 2. The zero-order valence-electron chi connectivity index (χ0n) is 17.7. The molecule has 8 heteroatoms. The largest absolute Gasteiger partial charge is 0.493 e. The van der Waals surface area contributed by atoms with Crippen molar-refractivity contribution in [2.24, 2.45) is 0 Å². The van der Waals surface area contributed by atoms with Gasteiger partial charge in [-0.3, -0.25) is 19.5 Å². The Morgan fingerprint density at radius 2 is 1.88 bits per heavy atom. The number of nitrogens with one attached hydrogen (secondary N) is 1. The molecule has 4 rings (SSSR count). The molecule has 164 valence electrons. The Balaban J connectivity index is 1.55. The summed E-state index contributed by atoms with van der Waals surface area (Å²) < 4.78 is 24.1. The Morgan fingerprint density at radius 1 is 1.09 bits per heavy atom. The van der Waals surface area contributed by atoms with Crippen molar-refractivity contribution in [1.82, 2.24) is 10.3 Å². The minimum Gasteiger partial charge on any atom is -0.493 e. The molecule has 2 amide bonds. The summed E-state index contributed by atoms with van der Waals surface area (Å²) in [5.74, 6) is 0.176. The molecule has 1 aromatic heterocycles. The molecule has 0 aliphatic carbocycles. The van der Waals surface area contributed by atoms with Crippen LogP contribution < -0.4 is 19.7 Å². The molecule has 3 aromatic rings. The number of fused-ring (bicyclic) bond motifs is 1. The van der Waals surface area contributed by atoms with Gasteiger partial charge in [-0.25, -0.2) is 4.39 Å². The third kappa shape index (κ3) is 3.99. The van der Waals surface area contributed by atoms with Crippen molar-refractivity contribution in [1.29, 1.82) is 0 Å². The van der Waals surface area contributed by atoms with Crippen LogP contribution in [0.1, 0.15) is 34.1 Å². The van der Waals surface area contributed by atoms with Crippen molar-refractivity contribution >= 4 is 17.5 Å². The topological polar surface area (TPSA) is 80.8 Å². The molecule has 7 nitrogen and oxygen atoms in total. The second-order valence-electron chi connectivity index (χ2n) is 7.24. The third-order valence-corrected chi connectivity index (χ3v) is 5.36. The fourth-order valence-electron chi connectivity index (χ4n) is 3.88. The molecule has 2 aromatic carbocycles. The van der Waals surface area contributed by atoms with Crippen LogP contribution in [0.4, 0.5) is 10.1 Å². The van der Waals surface area contributed by atoms with Crippen LogP contribution in [0.25, 0.3) is 0 Å². The molecule has 0 fully saturated rings. The maximum absolute atomic E-state index is 13.4. The molecule has 1 aliphatic heterocycles. The van der Waals surface area contributed by atoms with Crippen LogP contribution >= 0.6 is 0 Å². The standard InChI is InChI=1S/C24H22FN3O4/c1-31-20-7-3-5-15(23(20)32-2)14-27-21(29)13-19-22-18(6-4-12-26-22)24(30)28(19)17-10-8-16(25)9-11-17/h3-12,19H,13-14H2,1-2H3,(H,27,29)/t19-/m1/s1. The summed E-state index contributed by atoms with van der Waals surface area (Å²) in [6.45, 7) is 0.228. The summed E-state index contributed by atoms with van der Waals surface area (Å²) in [7, 11) is 3.09. The smallest absolute Gasteiger partial charge is 0.260 e. The number of anilines is 1. The van der Waals surface area contributed by atoms with E-state index in [0.717, 1.165) is 5.56 Å². The lowest BCUT2D eigenvalue weighted by molar-refractivity contribution is -0.121. The van der Waals surface area contributed by atoms with Crippen molar-refractivity contribution < 1.29 is 23.5 Å². The fraction of sp³-hybridized carbons (Fsp3) is 0.208. The van der Waals surface area contributed by atoms with Gasteiger partial charge in [0.05, 0.1) is 37.9 Å². The van der Waals surface area contributed by atoms with E-state index >= 15 is 0 Å². The number of pyridine rings is 1. The van der Waals surface area contributed by atoms with Gasteiger partial charge in [0.2, 0.25) is 5.91 Å². The minimum atomic E-state index is -0.601. The monoisotopic (exact) mass is 435 g/mol. The van der Waals surface area contributed by atoms with Crippen LogP contribution in [0.15, 0.2) is 60.8 Å². The second kappa shape index (κ2) is 9.05. The normalized spacial score (nSPS) is 14.8. The van der Waals surface area contributed by atoms with Gasteiger partial charge in [-0.15, -0.1) is 0 Å². The average molecular weight is 435 g/mol. The lowest BCUT2D eigenvalue weighted by Crippen LogP contribution is -2.33. The van der Waals surface area contributed by atoms with Crippen LogP contribution in [0, 0.1) is 5.82 Å². The number of ether oxygens (including phenoxy) is 2. The van der Waals surface area contributed by atoms with Crippen molar-refractivity contribution in [3.8, 4) is 11.5 Å². The van der Waals surface area contributed by atoms with Gasteiger partial charge in [0.25, 0.3) is 5.91 Å². The number of hydrogen-bond donors (Lipinski definition) is 1. The number of methoxy groups -OCH3 is 2. The van der Waals surface area contributed by atoms with E-state index < -0.39 is 11.9 Å². The van der Waals surface area contributed by atoms with Crippen molar-refractivity contribution in [2.75, 3.05) is 19.1 Å². The lowest BCUT2D eigenvalue weighted by atomic mass is 10.1. The maximum atomic E-state index is 13.4. The number of benzene rings is 2. The summed E-state index contributed by atoms with van der Waals surface area (Å²) in [5, 5.41) is 2.88. The molecular formula is C24H22FN3O4. The van der Waals surface area contributed by atoms with Crippen molar-refractivity contribution in [3.63, 3.8) is 0 Å². The Hall–Kier alpha value is -3.94. The summed E-state index contributed by atoms with van der Waals surface area (Å²) in [6.07, 6.45) is 1.59. The summed E-state index contributed by atoms with van der Waals surface area (Å²) in [6, 6.07) is 13.8. The van der Waals surface area contributed by atoms with E-state index in [-0.39, 0.29) is 24.8 Å². The molecule has 0 unspecified atom stereocenters. The summed E-state index contributed by atoms with van der Waals surface area (Å²) >= 11 is 0.